The highest BCUT2D eigenvalue weighted by atomic mass is 35.5. The molecule has 0 radical (unpaired) electrons. The number of hydrogen-bond donors (Lipinski definition) is 1. The van der Waals surface area contributed by atoms with E-state index in [2.05, 4.69) is 5.32 Å². The maximum atomic E-state index is 13.8. The lowest BCUT2D eigenvalue weighted by Crippen LogP contribution is -2.50. The number of nitrogens with one attached hydrogen (secondary N) is 1. The Morgan fingerprint density at radius 1 is 1.00 bits per heavy atom. The Kier molecular flexibility index (Phi) is 5.36. The number of rotatable bonds is 3. The van der Waals surface area contributed by atoms with Gasteiger partial charge in [-0.1, -0.05) is 11.6 Å². The second-order valence-corrected chi connectivity index (χ2v) is 7.47. The number of carbonyl (C=O) groups is 1. The minimum atomic E-state index is -5.23. The van der Waals surface area contributed by atoms with Crippen LogP contribution < -0.4 is 19.7 Å². The summed E-state index contributed by atoms with van der Waals surface area (Å²) in [5.74, 6) is -1.22. The molecule has 7 nitrogen and oxygen atoms in total. The molecule has 1 fully saturated rings. The molecule has 11 heteroatoms. The van der Waals surface area contributed by atoms with Crippen LogP contribution in [-0.2, 0) is 6.18 Å². The summed E-state index contributed by atoms with van der Waals surface area (Å²) in [5, 5.41) is 29.2. The highest BCUT2D eigenvalue weighted by Crippen LogP contribution is 2.31. The van der Waals surface area contributed by atoms with E-state index in [1.54, 1.807) is 0 Å². The fourth-order valence-corrected chi connectivity index (χ4v) is 3.71. The van der Waals surface area contributed by atoms with Crippen LogP contribution in [0, 0.1) is 10.4 Å². The minimum absolute atomic E-state index is 0.102. The number of anilines is 1. The highest BCUT2D eigenvalue weighted by molar-refractivity contribution is 6.30. The van der Waals surface area contributed by atoms with Gasteiger partial charge >= 0.3 is 17.6 Å². The standard InChI is InChI=1S/C20H16ClF3N4O3/c21-13-3-1-12(2-4-13)18(29)17-19(20(22,23)24)28(31)15-6-5-14(11-16(15)27(17)30)26-9-7-25-8-10-26/h1-6,11,25H,7-10H2. The molecule has 0 spiro atoms. The van der Waals surface area contributed by atoms with Crippen molar-refractivity contribution in [2.24, 2.45) is 0 Å². The molecule has 0 unspecified atom stereocenters. The van der Waals surface area contributed by atoms with Crippen molar-refractivity contribution in [3.8, 4) is 0 Å². The van der Waals surface area contributed by atoms with Gasteiger partial charge in [-0.15, -0.1) is 4.73 Å². The van der Waals surface area contributed by atoms with Crippen molar-refractivity contribution >= 4 is 34.1 Å². The van der Waals surface area contributed by atoms with Crippen LogP contribution in [-0.4, -0.2) is 32.0 Å². The van der Waals surface area contributed by atoms with Gasteiger partial charge in [-0.3, -0.25) is 4.79 Å². The smallest absolute Gasteiger partial charge is 0.486 e. The van der Waals surface area contributed by atoms with E-state index in [0.29, 0.717) is 31.9 Å². The van der Waals surface area contributed by atoms with E-state index >= 15 is 0 Å². The van der Waals surface area contributed by atoms with Gasteiger partial charge in [-0.05, 0) is 30.3 Å². The largest absolute Gasteiger partial charge is 0.618 e. The van der Waals surface area contributed by atoms with Crippen LogP contribution in [0.4, 0.5) is 18.9 Å². The third-order valence-electron chi connectivity index (χ3n) is 5.10. The number of fused-ring (bicyclic) bond motifs is 1. The van der Waals surface area contributed by atoms with Crippen LogP contribution in [0.3, 0.4) is 0 Å². The van der Waals surface area contributed by atoms with Crippen LogP contribution in [0.5, 0.6) is 0 Å². The number of aromatic nitrogens is 2. The fourth-order valence-electron chi connectivity index (χ4n) is 3.59. The lowest BCUT2D eigenvalue weighted by atomic mass is 10.1. The van der Waals surface area contributed by atoms with Crippen molar-refractivity contribution in [3.05, 3.63) is 74.9 Å². The Bertz CT molecular complexity index is 1160. The third-order valence-corrected chi connectivity index (χ3v) is 5.35. The van der Waals surface area contributed by atoms with Crippen LogP contribution in [0.25, 0.3) is 11.0 Å². The van der Waals surface area contributed by atoms with Crippen molar-refractivity contribution in [1.82, 2.24) is 5.32 Å². The van der Waals surface area contributed by atoms with Gasteiger partial charge in [0.25, 0.3) is 16.8 Å². The molecule has 0 aliphatic carbocycles. The molecule has 1 saturated heterocycles. The SMILES string of the molecule is O=C(c1ccc(Cl)cc1)c1c(C(F)(F)F)[n+]([O-])c2ccc(N3CCNCC3)cc2[n+]1[O-]. The molecule has 0 saturated carbocycles. The Labute approximate surface area is 179 Å². The molecule has 1 aromatic heterocycles. The first-order valence-electron chi connectivity index (χ1n) is 9.34. The number of nitrogens with zero attached hydrogens (tertiary/aromatic N) is 3. The molecule has 2 heterocycles. The second kappa shape index (κ2) is 7.86. The molecule has 0 atom stereocenters. The van der Waals surface area contributed by atoms with Crippen molar-refractivity contribution in [3.63, 3.8) is 0 Å². The summed E-state index contributed by atoms with van der Waals surface area (Å²) in [7, 11) is 0. The molecule has 2 aromatic carbocycles. The van der Waals surface area contributed by atoms with Crippen molar-refractivity contribution in [2.75, 3.05) is 31.1 Å². The predicted molar refractivity (Wildman–Crippen MR) is 107 cm³/mol. The summed E-state index contributed by atoms with van der Waals surface area (Å²) in [6, 6.07) is 9.00. The Hall–Kier alpha value is -3.11. The normalized spacial score (nSPS) is 14.8. The van der Waals surface area contributed by atoms with Gasteiger partial charge in [0, 0.05) is 54.6 Å². The van der Waals surface area contributed by atoms with E-state index in [0.717, 1.165) is 0 Å². The lowest BCUT2D eigenvalue weighted by Gasteiger charge is -2.29. The third kappa shape index (κ3) is 3.84. The first kappa shape index (κ1) is 21.1. The number of alkyl halides is 3. The summed E-state index contributed by atoms with van der Waals surface area (Å²) < 4.78 is 40.8. The van der Waals surface area contributed by atoms with E-state index in [1.807, 2.05) is 4.90 Å². The van der Waals surface area contributed by atoms with Crippen molar-refractivity contribution < 1.29 is 27.4 Å². The number of hydrogen-bond acceptors (Lipinski definition) is 5. The number of carbonyl (C=O) groups excluding carboxylic acids is 1. The molecule has 0 amide bonds. The quantitative estimate of drug-likeness (QED) is 0.375. The van der Waals surface area contributed by atoms with Crippen LogP contribution in [0.2, 0.25) is 5.02 Å². The van der Waals surface area contributed by atoms with Crippen LogP contribution in [0.1, 0.15) is 21.7 Å². The Balaban J connectivity index is 1.96. The van der Waals surface area contributed by atoms with E-state index in [1.165, 1.54) is 42.5 Å². The molecule has 1 aliphatic heterocycles. The van der Waals surface area contributed by atoms with E-state index in [-0.39, 0.29) is 20.8 Å². The zero-order valence-electron chi connectivity index (χ0n) is 15.9. The van der Waals surface area contributed by atoms with Crippen molar-refractivity contribution in [2.45, 2.75) is 6.18 Å². The predicted octanol–water partition coefficient (Wildman–Crippen LogP) is 2.42. The maximum Gasteiger partial charge on any atom is 0.486 e. The van der Waals surface area contributed by atoms with Crippen LogP contribution >= 0.6 is 11.6 Å². The van der Waals surface area contributed by atoms with E-state index in [9.17, 15) is 28.4 Å². The molecule has 1 aliphatic rings. The molecular weight excluding hydrogens is 437 g/mol. The topological polar surface area (TPSA) is 86.2 Å². The van der Waals surface area contributed by atoms with Gasteiger partial charge in [0.1, 0.15) is 0 Å². The fraction of sp³-hybridized carbons (Fsp3) is 0.250. The maximum absolute atomic E-state index is 13.8. The van der Waals surface area contributed by atoms with Gasteiger partial charge < -0.3 is 20.6 Å². The Morgan fingerprint density at radius 3 is 2.26 bits per heavy atom. The van der Waals surface area contributed by atoms with Gasteiger partial charge in [0.05, 0.1) is 0 Å². The summed E-state index contributed by atoms with van der Waals surface area (Å²) in [5.41, 5.74) is -3.56. The molecule has 3 aromatic rings. The molecule has 1 N–H and O–H groups in total. The van der Waals surface area contributed by atoms with Gasteiger partial charge in [-0.2, -0.15) is 17.9 Å². The number of benzene rings is 2. The second-order valence-electron chi connectivity index (χ2n) is 7.03. The highest BCUT2D eigenvalue weighted by Gasteiger charge is 2.51. The zero-order chi connectivity index (χ0) is 22.3. The van der Waals surface area contributed by atoms with Gasteiger partial charge in [0.2, 0.25) is 0 Å². The van der Waals surface area contributed by atoms with Crippen molar-refractivity contribution in [1.29, 1.82) is 0 Å². The summed E-state index contributed by atoms with van der Waals surface area (Å²) >= 11 is 5.77. The average molecular weight is 453 g/mol. The monoisotopic (exact) mass is 452 g/mol. The van der Waals surface area contributed by atoms with E-state index in [4.69, 9.17) is 11.6 Å². The number of halogens is 4. The zero-order valence-corrected chi connectivity index (χ0v) is 16.7. The van der Waals surface area contributed by atoms with E-state index < -0.39 is 33.6 Å². The first-order valence-corrected chi connectivity index (χ1v) is 9.72. The van der Waals surface area contributed by atoms with Gasteiger partial charge in [0.15, 0.2) is 0 Å². The number of piperazine rings is 1. The molecule has 0 bridgehead atoms. The lowest BCUT2D eigenvalue weighted by molar-refractivity contribution is -0.647. The molecule has 4 rings (SSSR count). The minimum Gasteiger partial charge on any atom is -0.618 e. The number of ketones is 1. The first-order chi connectivity index (χ1) is 14.7. The summed E-state index contributed by atoms with van der Waals surface area (Å²) in [4.78, 5) is 14.8. The molecular formula is C20H16ClF3N4O3. The average Bonchev–Trinajstić information content (AvgIpc) is 2.75. The van der Waals surface area contributed by atoms with Gasteiger partial charge in [-0.25, -0.2) is 0 Å². The molecule has 31 heavy (non-hydrogen) atoms. The molecule has 162 valence electrons. The van der Waals surface area contributed by atoms with Crippen LogP contribution in [0.15, 0.2) is 42.5 Å². The summed E-state index contributed by atoms with van der Waals surface area (Å²) in [6.07, 6.45) is -5.23. The Morgan fingerprint density at radius 2 is 1.65 bits per heavy atom. The summed E-state index contributed by atoms with van der Waals surface area (Å²) in [6.45, 7) is 2.65.